The lowest BCUT2D eigenvalue weighted by atomic mass is 9.64. The van der Waals surface area contributed by atoms with Crippen LogP contribution in [0, 0.1) is 11.3 Å². The number of hydrogen-bond acceptors (Lipinski definition) is 4. The third-order valence-electron chi connectivity index (χ3n) is 4.62. The normalized spacial score (nSPS) is 28.5. The van der Waals surface area contributed by atoms with E-state index in [9.17, 15) is 14.4 Å². The van der Waals surface area contributed by atoms with Crippen molar-refractivity contribution in [1.82, 2.24) is 20.9 Å². The topological polar surface area (TPSA) is 90.5 Å². The van der Waals surface area contributed by atoms with Crippen molar-refractivity contribution in [1.29, 1.82) is 0 Å². The van der Waals surface area contributed by atoms with Crippen LogP contribution in [0.2, 0.25) is 0 Å². The molecule has 1 spiro atoms. The van der Waals surface area contributed by atoms with Gasteiger partial charge in [-0.15, -0.1) is 12.4 Å². The smallest absolute Gasteiger partial charge is 0.325 e. The lowest BCUT2D eigenvalue weighted by Gasteiger charge is -2.43. The van der Waals surface area contributed by atoms with Crippen LogP contribution in [0.4, 0.5) is 4.79 Å². The molecule has 1 saturated heterocycles. The van der Waals surface area contributed by atoms with Gasteiger partial charge in [0.2, 0.25) is 5.91 Å². The van der Waals surface area contributed by atoms with Crippen molar-refractivity contribution in [3.8, 4) is 0 Å². The third kappa shape index (κ3) is 4.39. The number of rotatable bonds is 5. The molecule has 2 atom stereocenters. The molecule has 4 amide bonds. The Kier molecular flexibility index (Phi) is 6.64. The molecule has 0 radical (unpaired) electrons. The van der Waals surface area contributed by atoms with Crippen molar-refractivity contribution in [2.24, 2.45) is 11.3 Å². The molecule has 8 heteroatoms. The Balaban J connectivity index is 0.00000288. The third-order valence-corrected chi connectivity index (χ3v) is 4.62. The molecule has 0 bridgehead atoms. The van der Waals surface area contributed by atoms with Crippen LogP contribution in [-0.2, 0) is 9.59 Å². The van der Waals surface area contributed by atoms with Crippen molar-refractivity contribution in [3.63, 3.8) is 0 Å². The molecule has 2 unspecified atom stereocenters. The molecule has 1 saturated carbocycles. The maximum absolute atomic E-state index is 12.8. The summed E-state index contributed by atoms with van der Waals surface area (Å²) in [7, 11) is 1.79. The minimum absolute atomic E-state index is 0. The Hall–Kier alpha value is -1.34. The van der Waals surface area contributed by atoms with Crippen molar-refractivity contribution in [2.45, 2.75) is 45.6 Å². The number of imide groups is 1. The SMILES string of the molecule is CNCCNC(=O)CN1C(=O)NC2(CC(C)CC(C)(C)C2)C1=O.Cl. The van der Waals surface area contributed by atoms with E-state index in [1.807, 2.05) is 0 Å². The summed E-state index contributed by atoms with van der Waals surface area (Å²) in [4.78, 5) is 38.1. The average Bonchev–Trinajstić information content (AvgIpc) is 2.60. The van der Waals surface area contributed by atoms with Crippen LogP contribution in [-0.4, -0.2) is 55.0 Å². The Bertz CT molecular complexity index is 512. The highest BCUT2D eigenvalue weighted by Gasteiger charge is 2.56. The summed E-state index contributed by atoms with van der Waals surface area (Å²) in [5.74, 6) is -0.220. The Morgan fingerprint density at radius 3 is 2.54 bits per heavy atom. The van der Waals surface area contributed by atoms with E-state index in [-0.39, 0.29) is 36.2 Å². The number of carbonyl (C=O) groups excluding carboxylic acids is 3. The summed E-state index contributed by atoms with van der Waals surface area (Å²) in [5, 5.41) is 8.49. The highest BCUT2D eigenvalue weighted by Crippen LogP contribution is 2.46. The van der Waals surface area contributed by atoms with E-state index in [2.05, 4.69) is 36.7 Å². The first-order chi connectivity index (χ1) is 10.7. The summed E-state index contributed by atoms with van der Waals surface area (Å²) >= 11 is 0. The molecule has 1 heterocycles. The lowest BCUT2D eigenvalue weighted by molar-refractivity contribution is -0.137. The zero-order valence-electron chi connectivity index (χ0n) is 14.9. The number of carbonyl (C=O) groups is 3. The van der Waals surface area contributed by atoms with Crippen molar-refractivity contribution >= 4 is 30.3 Å². The fourth-order valence-corrected chi connectivity index (χ4v) is 4.18. The summed E-state index contributed by atoms with van der Waals surface area (Å²) in [6.45, 7) is 7.24. The molecule has 0 aromatic heterocycles. The molecule has 138 valence electrons. The van der Waals surface area contributed by atoms with Gasteiger partial charge in [-0.3, -0.25) is 14.5 Å². The second-order valence-electron chi connectivity index (χ2n) is 7.71. The average molecular weight is 361 g/mol. The van der Waals surface area contributed by atoms with E-state index >= 15 is 0 Å². The predicted molar refractivity (Wildman–Crippen MR) is 94.0 cm³/mol. The molecule has 2 rings (SSSR count). The van der Waals surface area contributed by atoms with Gasteiger partial charge in [0, 0.05) is 13.1 Å². The fourth-order valence-electron chi connectivity index (χ4n) is 4.18. The van der Waals surface area contributed by atoms with E-state index in [0.29, 0.717) is 31.8 Å². The van der Waals surface area contributed by atoms with Gasteiger partial charge in [-0.2, -0.15) is 0 Å². The Labute approximate surface area is 149 Å². The minimum Gasteiger partial charge on any atom is -0.353 e. The fraction of sp³-hybridized carbons (Fsp3) is 0.812. The van der Waals surface area contributed by atoms with Crippen molar-refractivity contribution in [3.05, 3.63) is 0 Å². The summed E-state index contributed by atoms with van der Waals surface area (Å²) in [5.41, 5.74) is -0.852. The van der Waals surface area contributed by atoms with E-state index in [1.54, 1.807) is 7.05 Å². The molecule has 0 aromatic rings. The van der Waals surface area contributed by atoms with Crippen LogP contribution in [0.5, 0.6) is 0 Å². The number of amides is 4. The van der Waals surface area contributed by atoms with Gasteiger partial charge in [-0.25, -0.2) is 4.79 Å². The number of halogens is 1. The number of nitrogens with zero attached hydrogens (tertiary/aromatic N) is 1. The molecule has 1 aliphatic heterocycles. The largest absolute Gasteiger partial charge is 0.353 e. The first kappa shape index (κ1) is 20.7. The van der Waals surface area contributed by atoms with E-state index in [0.717, 1.165) is 11.3 Å². The van der Waals surface area contributed by atoms with E-state index < -0.39 is 11.6 Å². The molecule has 0 aromatic carbocycles. The first-order valence-electron chi connectivity index (χ1n) is 8.24. The minimum atomic E-state index is -0.844. The van der Waals surface area contributed by atoms with Crippen LogP contribution in [0.15, 0.2) is 0 Å². The van der Waals surface area contributed by atoms with Gasteiger partial charge in [0.05, 0.1) is 0 Å². The van der Waals surface area contributed by atoms with Crippen molar-refractivity contribution in [2.75, 3.05) is 26.7 Å². The number of nitrogens with one attached hydrogen (secondary N) is 3. The van der Waals surface area contributed by atoms with Gasteiger partial charge in [0.25, 0.3) is 5.91 Å². The first-order valence-corrected chi connectivity index (χ1v) is 8.24. The van der Waals surface area contributed by atoms with E-state index in [1.165, 1.54) is 0 Å². The maximum atomic E-state index is 12.8. The molecule has 24 heavy (non-hydrogen) atoms. The van der Waals surface area contributed by atoms with Gasteiger partial charge in [0.15, 0.2) is 0 Å². The van der Waals surface area contributed by atoms with Crippen LogP contribution in [0.25, 0.3) is 0 Å². The zero-order chi connectivity index (χ0) is 17.3. The van der Waals surface area contributed by atoms with Crippen LogP contribution >= 0.6 is 12.4 Å². The van der Waals surface area contributed by atoms with E-state index in [4.69, 9.17) is 0 Å². The highest BCUT2D eigenvalue weighted by atomic mass is 35.5. The molecule has 2 fully saturated rings. The summed E-state index contributed by atoms with van der Waals surface area (Å²) < 4.78 is 0. The molecular formula is C16H29ClN4O3. The van der Waals surface area contributed by atoms with Crippen LogP contribution < -0.4 is 16.0 Å². The monoisotopic (exact) mass is 360 g/mol. The maximum Gasteiger partial charge on any atom is 0.325 e. The second kappa shape index (κ2) is 7.70. The van der Waals surface area contributed by atoms with Gasteiger partial charge in [-0.1, -0.05) is 20.8 Å². The molecular weight excluding hydrogens is 332 g/mol. The number of hydrogen-bond donors (Lipinski definition) is 3. The molecule has 1 aliphatic carbocycles. The highest BCUT2D eigenvalue weighted by molar-refractivity contribution is 6.09. The van der Waals surface area contributed by atoms with Crippen LogP contribution in [0.3, 0.4) is 0 Å². The quantitative estimate of drug-likeness (QED) is 0.501. The summed E-state index contributed by atoms with van der Waals surface area (Å²) in [6.07, 6.45) is 2.29. The predicted octanol–water partition coefficient (Wildman–Crippen LogP) is 0.881. The molecule has 3 N–H and O–H groups in total. The molecule has 7 nitrogen and oxygen atoms in total. The second-order valence-corrected chi connectivity index (χ2v) is 7.71. The van der Waals surface area contributed by atoms with Crippen molar-refractivity contribution < 1.29 is 14.4 Å². The molecule has 2 aliphatic rings. The van der Waals surface area contributed by atoms with Gasteiger partial charge in [0.1, 0.15) is 12.1 Å². The number of likely N-dealkylation sites (N-methyl/N-ethyl adjacent to an activating group) is 1. The Morgan fingerprint density at radius 2 is 1.96 bits per heavy atom. The van der Waals surface area contributed by atoms with Crippen LogP contribution in [0.1, 0.15) is 40.0 Å². The standard InChI is InChI=1S/C16H28N4O3.ClH/c1-11-7-15(2,3)10-16(8-11)13(22)20(14(23)19-16)9-12(21)18-6-5-17-4;/h11,17H,5-10H2,1-4H3,(H,18,21)(H,19,23);1H. The lowest BCUT2D eigenvalue weighted by Crippen LogP contribution is -2.54. The summed E-state index contributed by atoms with van der Waals surface area (Å²) in [6, 6.07) is -0.455. The number of urea groups is 1. The van der Waals surface area contributed by atoms with Gasteiger partial charge >= 0.3 is 6.03 Å². The zero-order valence-corrected chi connectivity index (χ0v) is 15.7. The van der Waals surface area contributed by atoms with Gasteiger partial charge in [-0.05, 0) is 37.6 Å². The Morgan fingerprint density at radius 1 is 1.29 bits per heavy atom. The van der Waals surface area contributed by atoms with Gasteiger partial charge < -0.3 is 16.0 Å².